The topological polar surface area (TPSA) is 63.2 Å². The number of ketones is 1. The molecule has 1 spiro atoms. The molecule has 0 N–H and O–H groups in total. The van der Waals surface area contributed by atoms with Crippen LogP contribution in [0.4, 0.5) is 0 Å². The summed E-state index contributed by atoms with van der Waals surface area (Å²) >= 11 is 0. The molecule has 6 aliphatic rings. The smallest absolute Gasteiger partial charge is 0.196 e. The van der Waals surface area contributed by atoms with Gasteiger partial charge in [-0.3, -0.25) is 4.79 Å². The van der Waals surface area contributed by atoms with E-state index in [4.69, 9.17) is 23.1 Å². The van der Waals surface area contributed by atoms with Crippen LogP contribution in [0.25, 0.3) is 0 Å². The van der Waals surface area contributed by atoms with Crippen LogP contribution in [0, 0.1) is 10.8 Å². The van der Waals surface area contributed by atoms with Gasteiger partial charge in [0.25, 0.3) is 0 Å². The molecule has 0 radical (unpaired) electrons. The van der Waals surface area contributed by atoms with Gasteiger partial charge in [0, 0.05) is 5.41 Å². The molecule has 1 unspecified atom stereocenters. The van der Waals surface area contributed by atoms with Crippen LogP contribution in [0.1, 0.15) is 82.1 Å². The van der Waals surface area contributed by atoms with E-state index in [1.54, 1.807) is 0 Å². The van der Waals surface area contributed by atoms with Crippen molar-refractivity contribution in [2.45, 2.75) is 159 Å². The van der Waals surface area contributed by atoms with Crippen LogP contribution >= 0.6 is 0 Å². The summed E-state index contributed by atoms with van der Waals surface area (Å²) in [6, 6.07) is 0. The van der Waals surface area contributed by atoms with Crippen molar-refractivity contribution in [1.82, 2.24) is 0 Å². The van der Waals surface area contributed by atoms with Crippen LogP contribution in [-0.2, 0) is 27.9 Å². The normalized spacial score (nSPS) is 47.2. The lowest BCUT2D eigenvalue weighted by atomic mass is 9.57. The summed E-state index contributed by atoms with van der Waals surface area (Å²) < 4.78 is 35.8. The molecule has 0 aromatic heterocycles. The van der Waals surface area contributed by atoms with E-state index in [0.29, 0.717) is 12.8 Å². The van der Waals surface area contributed by atoms with E-state index in [-0.39, 0.29) is 28.1 Å². The summed E-state index contributed by atoms with van der Waals surface area (Å²) in [6.45, 7) is 34.8. The fourth-order valence-corrected chi connectivity index (χ4v) is 11.1. The lowest BCUT2D eigenvalue weighted by Gasteiger charge is -2.53. The minimum atomic E-state index is -2.33. The molecule has 0 aromatic carbocycles. The Morgan fingerprint density at radius 1 is 0.947 bits per heavy atom. The predicted octanol–water partition coefficient (Wildman–Crippen LogP) is 6.75. The number of carbonyl (C=O) groups excluding carboxylic acids is 1. The van der Waals surface area contributed by atoms with E-state index in [0.717, 1.165) is 0 Å². The van der Waals surface area contributed by atoms with Gasteiger partial charge in [-0.05, 0) is 63.0 Å². The van der Waals surface area contributed by atoms with E-state index in [9.17, 15) is 0 Å². The van der Waals surface area contributed by atoms with Crippen LogP contribution in [0.2, 0.25) is 36.3 Å². The average molecular weight is 565 g/mol. The van der Waals surface area contributed by atoms with Gasteiger partial charge < -0.3 is 23.1 Å². The van der Waals surface area contributed by atoms with Crippen molar-refractivity contribution in [3.8, 4) is 0 Å². The monoisotopic (exact) mass is 564 g/mol. The van der Waals surface area contributed by atoms with Crippen molar-refractivity contribution in [2.75, 3.05) is 0 Å². The van der Waals surface area contributed by atoms with Gasteiger partial charge in [-0.15, -0.1) is 6.58 Å². The van der Waals surface area contributed by atoms with E-state index >= 15 is 4.79 Å². The van der Waals surface area contributed by atoms with Crippen molar-refractivity contribution in [3.63, 3.8) is 0 Å². The summed E-state index contributed by atoms with van der Waals surface area (Å²) in [4.78, 5) is 15.1. The Labute approximate surface area is 232 Å². The fourth-order valence-electron chi connectivity index (χ4n) is 8.44. The third-order valence-electron chi connectivity index (χ3n) is 12.1. The van der Waals surface area contributed by atoms with E-state index in [1.807, 2.05) is 19.9 Å². The SMILES string of the molecule is C=CC[C@]12OC3C[C@](C)([C@H]1O[Si](C)(C)C(C)(C)C)[C@]14OC(C)(C)O[C@@]12[C@@]3(C)[C@@H](O[Si](C)(C)C(C)(C)C)C4=O. The molecule has 0 amide bonds. The first-order valence-corrected chi connectivity index (χ1v) is 20.3. The van der Waals surface area contributed by atoms with Crippen molar-refractivity contribution in [2.24, 2.45) is 10.8 Å². The van der Waals surface area contributed by atoms with Crippen LogP contribution in [0.5, 0.6) is 0 Å². The molecule has 8 heteroatoms. The lowest BCUT2D eigenvalue weighted by Crippen LogP contribution is -2.67. The zero-order valence-corrected chi connectivity index (χ0v) is 28.4. The summed E-state index contributed by atoms with van der Waals surface area (Å²) in [6.07, 6.45) is 1.88. The van der Waals surface area contributed by atoms with Gasteiger partial charge in [-0.1, -0.05) is 61.5 Å². The fraction of sp³-hybridized carbons (Fsp3) is 0.900. The summed E-state index contributed by atoms with van der Waals surface area (Å²) in [5.74, 6) is -0.921. The van der Waals surface area contributed by atoms with Gasteiger partial charge >= 0.3 is 0 Å². The molecule has 3 saturated carbocycles. The molecule has 8 atom stereocenters. The second-order valence-corrected chi connectivity index (χ2v) is 26.3. The van der Waals surface area contributed by atoms with Crippen molar-refractivity contribution in [3.05, 3.63) is 12.7 Å². The molecule has 0 aromatic rings. The third kappa shape index (κ3) is 2.80. The molecule has 3 saturated heterocycles. The number of carbonyl (C=O) groups is 1. The number of Topliss-reactive ketones (excluding diaryl/α,β-unsaturated/α-hetero) is 1. The first-order valence-electron chi connectivity index (χ1n) is 14.5. The molecular formula is C30H52O6Si2. The molecule has 216 valence electrons. The second kappa shape index (κ2) is 7.34. The summed E-state index contributed by atoms with van der Waals surface area (Å²) in [5, 5.41) is -0.0594. The predicted molar refractivity (Wildman–Crippen MR) is 154 cm³/mol. The van der Waals surface area contributed by atoms with E-state index < -0.39 is 56.2 Å². The quantitative estimate of drug-likeness (QED) is 0.263. The summed E-state index contributed by atoms with van der Waals surface area (Å²) in [5.41, 5.74) is -4.52. The number of ether oxygens (including phenoxy) is 3. The molecule has 6 rings (SSSR count). The van der Waals surface area contributed by atoms with E-state index in [1.165, 1.54) is 0 Å². The zero-order valence-electron chi connectivity index (χ0n) is 26.4. The Morgan fingerprint density at radius 3 is 1.97 bits per heavy atom. The van der Waals surface area contributed by atoms with Gasteiger partial charge in [0.1, 0.15) is 11.7 Å². The number of rotatable bonds is 6. The zero-order chi connectivity index (χ0) is 29.0. The first kappa shape index (κ1) is 29.1. The van der Waals surface area contributed by atoms with Gasteiger partial charge in [-0.2, -0.15) is 0 Å². The first-order chi connectivity index (χ1) is 16.9. The average Bonchev–Trinajstić information content (AvgIpc) is 3.16. The maximum atomic E-state index is 15.1. The van der Waals surface area contributed by atoms with Crippen LogP contribution in [-0.4, -0.2) is 63.3 Å². The Bertz CT molecular complexity index is 1090. The van der Waals surface area contributed by atoms with Crippen LogP contribution < -0.4 is 0 Å². The molecule has 6 bridgehead atoms. The van der Waals surface area contributed by atoms with Gasteiger partial charge in [0.2, 0.25) is 0 Å². The van der Waals surface area contributed by atoms with Gasteiger partial charge in [-0.25, -0.2) is 0 Å². The molecule has 3 aliphatic carbocycles. The van der Waals surface area contributed by atoms with E-state index in [2.05, 4.69) is 88.2 Å². The highest BCUT2D eigenvalue weighted by Gasteiger charge is 3.04. The Hall–Kier alpha value is -0.356. The van der Waals surface area contributed by atoms with Crippen LogP contribution in [0.3, 0.4) is 0 Å². The van der Waals surface area contributed by atoms with Gasteiger partial charge in [0.05, 0.1) is 17.6 Å². The van der Waals surface area contributed by atoms with Gasteiger partial charge in [0.15, 0.2) is 39.4 Å². The van der Waals surface area contributed by atoms with Crippen molar-refractivity contribution in [1.29, 1.82) is 0 Å². The standard InChI is InChI=1S/C30H52O6Si2/c1-16-17-28-22(34-38(14,15)24(5,6)7)26(10)18-19(32-28)27(11)21(33-37(12,13)23(2,3)4)20(31)29(26)30(27,28)36-25(8,9)35-29/h16,19,21-22H,1,17-18H2,2-15H3/t19?,21-,22+,26+,27+,28-,29-,30+/m0/s1. The maximum absolute atomic E-state index is 15.1. The Kier molecular flexibility index (Phi) is 5.63. The highest BCUT2D eigenvalue weighted by Crippen LogP contribution is 2.86. The lowest BCUT2D eigenvalue weighted by molar-refractivity contribution is -0.258. The molecule has 3 heterocycles. The number of hydrogen-bond donors (Lipinski definition) is 0. The second-order valence-electron chi connectivity index (χ2n) is 16.7. The Balaban J connectivity index is 1.78. The molecule has 6 nitrogen and oxygen atoms in total. The Morgan fingerprint density at radius 2 is 1.47 bits per heavy atom. The van der Waals surface area contributed by atoms with Crippen molar-refractivity contribution >= 4 is 22.4 Å². The molecule has 3 aliphatic heterocycles. The van der Waals surface area contributed by atoms with Crippen LogP contribution in [0.15, 0.2) is 12.7 Å². The van der Waals surface area contributed by atoms with Crippen molar-refractivity contribution < 1.29 is 27.9 Å². The summed E-state index contributed by atoms with van der Waals surface area (Å²) in [7, 11) is -4.60. The molecular weight excluding hydrogens is 512 g/mol. The maximum Gasteiger partial charge on any atom is 0.196 e. The minimum Gasteiger partial charge on any atom is -0.410 e. The highest BCUT2D eigenvalue weighted by molar-refractivity contribution is 6.74. The third-order valence-corrected chi connectivity index (χ3v) is 21.0. The molecule has 6 fully saturated rings. The minimum absolute atomic E-state index is 0.00903. The number of hydrogen-bond acceptors (Lipinski definition) is 6. The largest absolute Gasteiger partial charge is 0.410 e. The molecule has 38 heavy (non-hydrogen) atoms. The highest BCUT2D eigenvalue weighted by atomic mass is 28.4.